The number of nitrogens with zero attached hydrogens (tertiary/aromatic N) is 3. The Balaban J connectivity index is 2.22. The molecule has 1 N–H and O–H groups in total. The number of ether oxygens (including phenoxy) is 1. The summed E-state index contributed by atoms with van der Waals surface area (Å²) in [5.74, 6) is -0.393. The fourth-order valence-corrected chi connectivity index (χ4v) is 2.26. The molecule has 0 unspecified atom stereocenters. The minimum absolute atomic E-state index is 0.0508. The average molecular weight is 301 g/mol. The van der Waals surface area contributed by atoms with Gasteiger partial charge in [0.2, 0.25) is 5.82 Å². The second kappa shape index (κ2) is 5.53. The number of halogens is 1. The molecular formula is C15H12FN3O3. The molecule has 112 valence electrons. The highest BCUT2D eigenvalue weighted by molar-refractivity contribution is 5.75. The molecule has 3 rings (SSSR count). The zero-order valence-electron chi connectivity index (χ0n) is 11.7. The van der Waals surface area contributed by atoms with Crippen molar-refractivity contribution in [1.29, 1.82) is 0 Å². The zero-order valence-corrected chi connectivity index (χ0v) is 11.7. The SMILES string of the molecule is COc1ccc(-c2nc3ccc(CO)cn3c2N=O)cc1F. The first kappa shape index (κ1) is 14.2. The first-order valence-corrected chi connectivity index (χ1v) is 6.47. The molecule has 0 atom stereocenters. The fourth-order valence-electron chi connectivity index (χ4n) is 2.26. The van der Waals surface area contributed by atoms with Crippen LogP contribution in [-0.2, 0) is 6.61 Å². The van der Waals surface area contributed by atoms with E-state index in [4.69, 9.17) is 4.74 Å². The van der Waals surface area contributed by atoms with Gasteiger partial charge >= 0.3 is 0 Å². The molecule has 0 aliphatic rings. The van der Waals surface area contributed by atoms with Crippen molar-refractivity contribution < 1.29 is 14.2 Å². The molecule has 0 radical (unpaired) electrons. The summed E-state index contributed by atoms with van der Waals surface area (Å²) in [7, 11) is 1.37. The maximum Gasteiger partial charge on any atom is 0.209 e. The Morgan fingerprint density at radius 1 is 1.36 bits per heavy atom. The van der Waals surface area contributed by atoms with Gasteiger partial charge in [-0.15, -0.1) is 4.91 Å². The molecule has 6 nitrogen and oxygen atoms in total. The number of hydrogen-bond donors (Lipinski definition) is 1. The fraction of sp³-hybridized carbons (Fsp3) is 0.133. The summed E-state index contributed by atoms with van der Waals surface area (Å²) in [5, 5.41) is 12.2. The molecule has 0 amide bonds. The van der Waals surface area contributed by atoms with Gasteiger partial charge in [-0.25, -0.2) is 9.37 Å². The summed E-state index contributed by atoms with van der Waals surface area (Å²) in [6.45, 7) is -0.168. The van der Waals surface area contributed by atoms with E-state index in [1.165, 1.54) is 23.6 Å². The van der Waals surface area contributed by atoms with Crippen LogP contribution < -0.4 is 4.74 Å². The number of fused-ring (bicyclic) bond motifs is 1. The Hall–Kier alpha value is -2.80. The quantitative estimate of drug-likeness (QED) is 0.751. The lowest BCUT2D eigenvalue weighted by Crippen LogP contribution is -1.89. The number of aliphatic hydroxyl groups is 1. The third-order valence-corrected chi connectivity index (χ3v) is 3.35. The summed E-state index contributed by atoms with van der Waals surface area (Å²) < 4.78 is 20.2. The van der Waals surface area contributed by atoms with Gasteiger partial charge in [0.15, 0.2) is 11.6 Å². The maximum absolute atomic E-state index is 13.8. The Morgan fingerprint density at radius 3 is 2.82 bits per heavy atom. The van der Waals surface area contributed by atoms with E-state index in [1.807, 2.05) is 0 Å². The molecule has 3 aromatic rings. The summed E-state index contributed by atoms with van der Waals surface area (Å²) in [5.41, 5.74) is 1.79. The lowest BCUT2D eigenvalue weighted by Gasteiger charge is -2.03. The monoisotopic (exact) mass is 301 g/mol. The summed E-state index contributed by atoms with van der Waals surface area (Å²) >= 11 is 0. The van der Waals surface area contributed by atoms with E-state index in [9.17, 15) is 14.4 Å². The highest BCUT2D eigenvalue weighted by Crippen LogP contribution is 2.33. The number of nitroso groups, excluding NO2 is 1. The first-order valence-electron chi connectivity index (χ1n) is 6.47. The van der Waals surface area contributed by atoms with E-state index in [1.54, 1.807) is 24.4 Å². The number of aliphatic hydroxyl groups excluding tert-OH is 1. The average Bonchev–Trinajstić information content (AvgIpc) is 2.92. The molecule has 7 heteroatoms. The van der Waals surface area contributed by atoms with Crippen LogP contribution in [0.1, 0.15) is 5.56 Å². The van der Waals surface area contributed by atoms with Crippen molar-refractivity contribution in [2.45, 2.75) is 6.61 Å². The third-order valence-electron chi connectivity index (χ3n) is 3.35. The molecule has 0 aliphatic heterocycles. The molecule has 0 saturated heterocycles. The van der Waals surface area contributed by atoms with Crippen molar-refractivity contribution in [2.24, 2.45) is 5.18 Å². The Labute approximate surface area is 124 Å². The van der Waals surface area contributed by atoms with Gasteiger partial charge in [0.25, 0.3) is 0 Å². The minimum Gasteiger partial charge on any atom is -0.494 e. The first-order chi connectivity index (χ1) is 10.7. The molecule has 1 aromatic carbocycles. The molecule has 0 bridgehead atoms. The second-order valence-electron chi connectivity index (χ2n) is 4.65. The van der Waals surface area contributed by atoms with Gasteiger partial charge in [-0.2, -0.15) is 0 Å². The summed E-state index contributed by atoms with van der Waals surface area (Å²) in [4.78, 5) is 15.5. The topological polar surface area (TPSA) is 76.2 Å². The number of benzene rings is 1. The van der Waals surface area contributed by atoms with E-state index < -0.39 is 5.82 Å². The lowest BCUT2D eigenvalue weighted by atomic mass is 10.1. The third kappa shape index (κ3) is 2.21. The smallest absolute Gasteiger partial charge is 0.209 e. The van der Waals surface area contributed by atoms with Crippen LogP contribution in [0.25, 0.3) is 16.9 Å². The number of hydrogen-bond acceptors (Lipinski definition) is 5. The molecule has 22 heavy (non-hydrogen) atoms. The molecule has 0 fully saturated rings. The number of imidazole rings is 1. The summed E-state index contributed by atoms with van der Waals surface area (Å²) in [6.07, 6.45) is 1.57. The van der Waals surface area contributed by atoms with Gasteiger partial charge < -0.3 is 9.84 Å². The maximum atomic E-state index is 13.8. The molecule has 0 spiro atoms. The van der Waals surface area contributed by atoms with Gasteiger partial charge in [-0.3, -0.25) is 4.40 Å². The van der Waals surface area contributed by atoms with E-state index in [2.05, 4.69) is 10.2 Å². The number of methoxy groups -OCH3 is 1. The van der Waals surface area contributed by atoms with Crippen LogP contribution in [0.4, 0.5) is 10.2 Å². The second-order valence-corrected chi connectivity index (χ2v) is 4.65. The van der Waals surface area contributed by atoms with E-state index in [0.29, 0.717) is 16.8 Å². The van der Waals surface area contributed by atoms with Crippen LogP contribution in [-0.4, -0.2) is 21.6 Å². The number of pyridine rings is 1. The van der Waals surface area contributed by atoms with Gasteiger partial charge in [-0.05, 0) is 35.0 Å². The molecule has 0 saturated carbocycles. The van der Waals surface area contributed by atoms with Crippen LogP contribution >= 0.6 is 0 Å². The van der Waals surface area contributed by atoms with Crippen LogP contribution in [0.5, 0.6) is 5.75 Å². The van der Waals surface area contributed by atoms with Crippen molar-refractivity contribution in [3.05, 3.63) is 52.8 Å². The van der Waals surface area contributed by atoms with Crippen LogP contribution in [0, 0.1) is 10.7 Å². The van der Waals surface area contributed by atoms with Crippen molar-refractivity contribution in [1.82, 2.24) is 9.38 Å². The van der Waals surface area contributed by atoms with E-state index in [-0.39, 0.29) is 23.9 Å². The summed E-state index contributed by atoms with van der Waals surface area (Å²) in [6, 6.07) is 7.65. The largest absolute Gasteiger partial charge is 0.494 e. The highest BCUT2D eigenvalue weighted by atomic mass is 19.1. The number of aromatic nitrogens is 2. The molecule has 2 heterocycles. The normalized spacial score (nSPS) is 10.9. The lowest BCUT2D eigenvalue weighted by molar-refractivity contribution is 0.281. The van der Waals surface area contributed by atoms with Crippen molar-refractivity contribution in [2.75, 3.05) is 7.11 Å². The van der Waals surface area contributed by atoms with Crippen LogP contribution in [0.3, 0.4) is 0 Å². The van der Waals surface area contributed by atoms with Gasteiger partial charge in [0.05, 0.1) is 13.7 Å². The van der Waals surface area contributed by atoms with Gasteiger partial charge in [0.1, 0.15) is 11.3 Å². The highest BCUT2D eigenvalue weighted by Gasteiger charge is 2.16. The standard InChI is InChI=1S/C15H12FN3O3/c1-22-12-4-3-10(6-11(12)16)14-15(18-21)19-7-9(8-20)2-5-13(19)17-14/h2-7,20H,8H2,1H3. The Bertz CT molecular complexity index is 861. The minimum atomic E-state index is -0.551. The van der Waals surface area contributed by atoms with E-state index >= 15 is 0 Å². The van der Waals surface area contributed by atoms with Crippen LogP contribution in [0.15, 0.2) is 41.7 Å². The predicted molar refractivity (Wildman–Crippen MR) is 78.5 cm³/mol. The van der Waals surface area contributed by atoms with Crippen molar-refractivity contribution in [3.63, 3.8) is 0 Å². The van der Waals surface area contributed by atoms with Crippen molar-refractivity contribution in [3.8, 4) is 17.0 Å². The molecule has 2 aromatic heterocycles. The van der Waals surface area contributed by atoms with Crippen LogP contribution in [0.2, 0.25) is 0 Å². The van der Waals surface area contributed by atoms with Crippen molar-refractivity contribution >= 4 is 11.5 Å². The Kier molecular flexibility index (Phi) is 3.56. The van der Waals surface area contributed by atoms with Gasteiger partial charge in [-0.1, -0.05) is 6.07 Å². The van der Waals surface area contributed by atoms with E-state index in [0.717, 1.165) is 0 Å². The molecule has 0 aliphatic carbocycles. The number of rotatable bonds is 4. The van der Waals surface area contributed by atoms with Gasteiger partial charge in [0, 0.05) is 11.8 Å². The zero-order chi connectivity index (χ0) is 15.7. The Morgan fingerprint density at radius 2 is 2.18 bits per heavy atom. The molecular weight excluding hydrogens is 289 g/mol. The predicted octanol–water partition coefficient (Wildman–Crippen LogP) is 3.04.